The average Bonchev–Trinajstić information content (AvgIpc) is 3.89. The lowest BCUT2D eigenvalue weighted by Crippen LogP contribution is -2.15. The average molecular weight is 695 g/mol. The van der Waals surface area contributed by atoms with Crippen LogP contribution in [0.4, 0.5) is 17.1 Å². The highest BCUT2D eigenvalue weighted by Gasteiger charge is 2.35. The lowest BCUT2D eigenvalue weighted by atomic mass is 9.82. The van der Waals surface area contributed by atoms with E-state index in [1.54, 1.807) is 0 Å². The number of benzene rings is 8. The smallest absolute Gasteiger partial charge is 0.227 e. The van der Waals surface area contributed by atoms with Crippen molar-refractivity contribution >= 4 is 60.9 Å². The second-order valence-corrected chi connectivity index (χ2v) is 14.8. The monoisotopic (exact) mass is 694 g/mol. The summed E-state index contributed by atoms with van der Waals surface area (Å²) < 4.78 is 12.6. The third-order valence-corrected chi connectivity index (χ3v) is 11.3. The maximum absolute atomic E-state index is 6.32. The molecule has 8 aromatic carbocycles. The van der Waals surface area contributed by atoms with E-state index in [0.717, 1.165) is 77.6 Å². The molecule has 2 aromatic heterocycles. The Hall–Kier alpha value is -6.91. The van der Waals surface area contributed by atoms with Gasteiger partial charge in [0.2, 0.25) is 5.89 Å². The molecule has 0 radical (unpaired) electrons. The first kappa shape index (κ1) is 30.7. The summed E-state index contributed by atoms with van der Waals surface area (Å²) in [6, 6.07) is 60.3. The van der Waals surface area contributed by atoms with Gasteiger partial charge in [-0.2, -0.15) is 0 Å². The van der Waals surface area contributed by atoms with Gasteiger partial charge in [-0.05, 0) is 118 Å². The van der Waals surface area contributed by atoms with Crippen LogP contribution in [-0.2, 0) is 5.41 Å². The summed E-state index contributed by atoms with van der Waals surface area (Å²) in [4.78, 5) is 7.14. The number of hydrogen-bond donors (Lipinski definition) is 0. The number of para-hydroxylation sites is 1. The SMILES string of the molecule is CC1(C)c2ccccc2-c2cc(N(c3ccc(-c4ccc5c(ccc6nc(-c7ccccc7)oc65)c4)cc3)c3ccc4oc5ccccc5c4c3)ccc21. The highest BCUT2D eigenvalue weighted by Crippen LogP contribution is 2.51. The summed E-state index contributed by atoms with van der Waals surface area (Å²) in [5, 5.41) is 4.38. The number of hydrogen-bond acceptors (Lipinski definition) is 4. The van der Waals surface area contributed by atoms with Crippen LogP contribution in [0.1, 0.15) is 25.0 Å². The van der Waals surface area contributed by atoms with Gasteiger partial charge >= 0.3 is 0 Å². The van der Waals surface area contributed by atoms with Crippen LogP contribution in [0.25, 0.3) is 77.5 Å². The molecule has 0 spiro atoms. The van der Waals surface area contributed by atoms with Gasteiger partial charge in [0.1, 0.15) is 16.7 Å². The molecule has 256 valence electrons. The number of fused-ring (bicyclic) bond motifs is 9. The Morgan fingerprint density at radius 1 is 0.463 bits per heavy atom. The van der Waals surface area contributed by atoms with Gasteiger partial charge in [-0.3, -0.25) is 0 Å². The summed E-state index contributed by atoms with van der Waals surface area (Å²) in [5.74, 6) is 0.638. The third kappa shape index (κ3) is 4.66. The third-order valence-electron chi connectivity index (χ3n) is 11.3. The largest absolute Gasteiger partial charge is 0.456 e. The first-order chi connectivity index (χ1) is 26.5. The molecule has 0 saturated carbocycles. The minimum Gasteiger partial charge on any atom is -0.456 e. The Morgan fingerprint density at radius 3 is 2.06 bits per heavy atom. The lowest BCUT2D eigenvalue weighted by Gasteiger charge is -2.27. The Balaban J connectivity index is 1.01. The molecule has 0 bridgehead atoms. The quantitative estimate of drug-likeness (QED) is 0.180. The van der Waals surface area contributed by atoms with E-state index in [2.05, 4.69) is 146 Å². The number of oxazole rings is 1. The molecule has 1 aliphatic carbocycles. The molecule has 0 saturated heterocycles. The minimum atomic E-state index is -0.0607. The van der Waals surface area contributed by atoms with Gasteiger partial charge in [-0.1, -0.05) is 105 Å². The van der Waals surface area contributed by atoms with Gasteiger partial charge in [-0.25, -0.2) is 4.98 Å². The van der Waals surface area contributed by atoms with Crippen molar-refractivity contribution in [3.63, 3.8) is 0 Å². The number of anilines is 3. The van der Waals surface area contributed by atoms with Crippen LogP contribution < -0.4 is 4.90 Å². The molecule has 0 fully saturated rings. The molecule has 11 rings (SSSR count). The maximum Gasteiger partial charge on any atom is 0.227 e. The van der Waals surface area contributed by atoms with Crippen LogP contribution in [0.3, 0.4) is 0 Å². The fourth-order valence-corrected chi connectivity index (χ4v) is 8.55. The molecule has 4 heteroatoms. The van der Waals surface area contributed by atoms with E-state index in [4.69, 9.17) is 13.8 Å². The zero-order valence-electron chi connectivity index (χ0n) is 29.9. The first-order valence-corrected chi connectivity index (χ1v) is 18.4. The molecular formula is C50H34N2O2. The van der Waals surface area contributed by atoms with Crippen LogP contribution in [0.5, 0.6) is 0 Å². The van der Waals surface area contributed by atoms with E-state index >= 15 is 0 Å². The van der Waals surface area contributed by atoms with Crippen molar-refractivity contribution in [2.45, 2.75) is 19.3 Å². The molecule has 0 atom stereocenters. The van der Waals surface area contributed by atoms with Gasteiger partial charge < -0.3 is 13.7 Å². The topological polar surface area (TPSA) is 42.4 Å². The van der Waals surface area contributed by atoms with Crippen molar-refractivity contribution < 1.29 is 8.83 Å². The molecule has 1 aliphatic rings. The molecule has 4 nitrogen and oxygen atoms in total. The number of aromatic nitrogens is 1. The standard InChI is InChI=1S/C50H34N2O2/c1-50(2)43-14-8-6-12-39(43)41-29-36(22-25-44(41)50)52(37-23-27-47-42(30-37)40-13-7-9-15-46(40)53-47)35-20-16-31(17-21-35)33-18-24-38-34(28-33)19-26-45-48(38)54-49(51-45)32-10-4-3-5-11-32/h3-30H,1-2H3. The number of rotatable bonds is 5. The normalized spacial score (nSPS) is 13.1. The zero-order chi connectivity index (χ0) is 36.0. The van der Waals surface area contributed by atoms with Crippen LogP contribution in [0.15, 0.2) is 179 Å². The number of furan rings is 1. The fourth-order valence-electron chi connectivity index (χ4n) is 8.55. The summed E-state index contributed by atoms with van der Waals surface area (Å²) in [6.07, 6.45) is 0. The fraction of sp³-hybridized carbons (Fsp3) is 0.0600. The van der Waals surface area contributed by atoms with Crippen LogP contribution in [0, 0.1) is 0 Å². The van der Waals surface area contributed by atoms with E-state index in [0.29, 0.717) is 5.89 Å². The van der Waals surface area contributed by atoms with E-state index in [1.807, 2.05) is 42.5 Å². The molecule has 0 aliphatic heterocycles. The van der Waals surface area contributed by atoms with Crippen molar-refractivity contribution in [2.24, 2.45) is 0 Å². The van der Waals surface area contributed by atoms with Gasteiger partial charge in [0.25, 0.3) is 0 Å². The Kier molecular flexibility index (Phi) is 6.56. The minimum absolute atomic E-state index is 0.0607. The second-order valence-electron chi connectivity index (χ2n) is 14.8. The Bertz CT molecular complexity index is 3080. The van der Waals surface area contributed by atoms with Crippen molar-refractivity contribution in [1.29, 1.82) is 0 Å². The molecular weight excluding hydrogens is 661 g/mol. The first-order valence-electron chi connectivity index (χ1n) is 18.4. The van der Waals surface area contributed by atoms with Crippen LogP contribution >= 0.6 is 0 Å². The highest BCUT2D eigenvalue weighted by molar-refractivity contribution is 6.07. The van der Waals surface area contributed by atoms with E-state index in [9.17, 15) is 0 Å². The maximum atomic E-state index is 6.32. The van der Waals surface area contributed by atoms with Gasteiger partial charge in [0.15, 0.2) is 5.58 Å². The lowest BCUT2D eigenvalue weighted by molar-refractivity contribution is 0.623. The van der Waals surface area contributed by atoms with Crippen molar-refractivity contribution in [2.75, 3.05) is 4.90 Å². The van der Waals surface area contributed by atoms with E-state index in [-0.39, 0.29) is 5.41 Å². The predicted octanol–water partition coefficient (Wildman–Crippen LogP) is 14.0. The van der Waals surface area contributed by atoms with Crippen molar-refractivity contribution in [3.05, 3.63) is 181 Å². The number of nitrogens with zero attached hydrogens (tertiary/aromatic N) is 2. The van der Waals surface area contributed by atoms with Crippen LogP contribution in [0.2, 0.25) is 0 Å². The van der Waals surface area contributed by atoms with Gasteiger partial charge in [0, 0.05) is 44.2 Å². The van der Waals surface area contributed by atoms with Gasteiger partial charge in [0.05, 0.1) is 0 Å². The summed E-state index contributed by atoms with van der Waals surface area (Å²) in [7, 11) is 0. The molecule has 10 aromatic rings. The summed E-state index contributed by atoms with van der Waals surface area (Å²) in [5.41, 5.74) is 15.2. The van der Waals surface area contributed by atoms with Crippen LogP contribution in [-0.4, -0.2) is 4.98 Å². The summed E-state index contributed by atoms with van der Waals surface area (Å²) in [6.45, 7) is 4.66. The van der Waals surface area contributed by atoms with Crippen molar-refractivity contribution in [3.8, 4) is 33.7 Å². The Morgan fingerprint density at radius 2 is 1.17 bits per heavy atom. The van der Waals surface area contributed by atoms with Crippen molar-refractivity contribution in [1.82, 2.24) is 4.98 Å². The molecule has 0 N–H and O–H groups in total. The molecule has 0 amide bonds. The molecule has 54 heavy (non-hydrogen) atoms. The highest BCUT2D eigenvalue weighted by atomic mass is 16.3. The predicted molar refractivity (Wildman–Crippen MR) is 222 cm³/mol. The zero-order valence-corrected chi connectivity index (χ0v) is 29.9. The Labute approximate surface area is 312 Å². The second kappa shape index (κ2) is 11.5. The molecule has 0 unspecified atom stereocenters. The van der Waals surface area contributed by atoms with E-state index in [1.165, 1.54) is 22.3 Å². The molecule has 2 heterocycles. The summed E-state index contributed by atoms with van der Waals surface area (Å²) >= 11 is 0. The van der Waals surface area contributed by atoms with Gasteiger partial charge in [-0.15, -0.1) is 0 Å². The van der Waals surface area contributed by atoms with E-state index < -0.39 is 0 Å².